The summed E-state index contributed by atoms with van der Waals surface area (Å²) in [4.78, 5) is 24.4. The average Bonchev–Trinajstić information content (AvgIpc) is 2.59. The van der Waals surface area contributed by atoms with Gasteiger partial charge in [0, 0.05) is 9.89 Å². The third kappa shape index (κ3) is 5.14. The van der Waals surface area contributed by atoms with Crippen LogP contribution < -0.4 is 4.74 Å². The molecule has 5 heteroatoms. The normalized spacial score (nSPS) is 11.6. The molecule has 0 saturated carbocycles. The number of nitrogens with zero attached hydrogens (tertiary/aromatic N) is 1. The molecule has 0 aliphatic rings. The molecule has 0 heterocycles. The average molecular weight is 412 g/mol. The van der Waals surface area contributed by atoms with Crippen molar-refractivity contribution in [2.45, 2.75) is 20.8 Å². The maximum Gasteiger partial charge on any atom is 0.343 e. The van der Waals surface area contributed by atoms with E-state index in [0.29, 0.717) is 16.9 Å². The van der Waals surface area contributed by atoms with Gasteiger partial charge in [-0.15, -0.1) is 0 Å². The number of carbonyl (C=O) groups is 2. The Kier molecular flexibility index (Phi) is 6.12. The summed E-state index contributed by atoms with van der Waals surface area (Å²) in [5, 5.41) is 9.23. The van der Waals surface area contributed by atoms with Crippen LogP contribution in [0, 0.1) is 16.7 Å². The second-order valence-corrected chi connectivity index (χ2v) is 7.63. The zero-order valence-corrected chi connectivity index (χ0v) is 16.3. The third-order valence-corrected chi connectivity index (χ3v) is 4.00. The monoisotopic (exact) mass is 411 g/mol. The molecule has 0 atom stereocenters. The zero-order chi connectivity index (χ0) is 19.3. The Hall–Kier alpha value is -2.71. The van der Waals surface area contributed by atoms with Gasteiger partial charge in [0.25, 0.3) is 0 Å². The van der Waals surface area contributed by atoms with Gasteiger partial charge in [-0.05, 0) is 42.0 Å². The summed E-state index contributed by atoms with van der Waals surface area (Å²) in [5.74, 6) is -0.298. The lowest BCUT2D eigenvalue weighted by Crippen LogP contribution is -2.21. The number of allylic oxidation sites excluding steroid dienone is 1. The number of nitriles is 1. The summed E-state index contributed by atoms with van der Waals surface area (Å²) >= 11 is 3.31. The minimum atomic E-state index is -0.624. The Morgan fingerprint density at radius 1 is 1.12 bits per heavy atom. The van der Waals surface area contributed by atoms with Crippen LogP contribution in [0.25, 0.3) is 6.08 Å². The number of ketones is 1. The molecular formula is C21H18BrNO3. The second-order valence-electron chi connectivity index (χ2n) is 6.72. The minimum Gasteiger partial charge on any atom is -0.423 e. The van der Waals surface area contributed by atoms with Gasteiger partial charge in [-0.1, -0.05) is 54.9 Å². The Bertz CT molecular complexity index is 900. The van der Waals surface area contributed by atoms with Crippen LogP contribution >= 0.6 is 15.9 Å². The molecule has 0 aliphatic heterocycles. The van der Waals surface area contributed by atoms with E-state index in [1.54, 1.807) is 63.2 Å². The fourth-order valence-electron chi connectivity index (χ4n) is 2.13. The van der Waals surface area contributed by atoms with Crippen LogP contribution in [0.15, 0.2) is 58.6 Å². The van der Waals surface area contributed by atoms with Crippen molar-refractivity contribution in [2.24, 2.45) is 5.41 Å². The van der Waals surface area contributed by atoms with Gasteiger partial charge in [-0.2, -0.15) is 5.26 Å². The van der Waals surface area contributed by atoms with E-state index in [2.05, 4.69) is 15.9 Å². The van der Waals surface area contributed by atoms with Crippen molar-refractivity contribution in [3.05, 3.63) is 69.7 Å². The van der Waals surface area contributed by atoms with E-state index in [0.717, 1.165) is 4.47 Å². The predicted molar refractivity (Wildman–Crippen MR) is 104 cm³/mol. The molecule has 0 bridgehead atoms. The standard InChI is InChI=1S/C21H18BrNO3/c1-21(2,3)19(24)16(13-23)11-14-7-9-18(10-8-14)26-20(25)15-5-4-6-17(22)12-15/h4-12H,1-3H3/b16-11+. The number of benzene rings is 2. The van der Waals surface area contributed by atoms with Gasteiger partial charge in [0.2, 0.25) is 0 Å². The molecule has 0 saturated heterocycles. The van der Waals surface area contributed by atoms with Crippen molar-refractivity contribution in [1.29, 1.82) is 5.26 Å². The van der Waals surface area contributed by atoms with Crippen molar-refractivity contribution in [1.82, 2.24) is 0 Å². The van der Waals surface area contributed by atoms with Gasteiger partial charge in [-0.3, -0.25) is 4.79 Å². The topological polar surface area (TPSA) is 67.2 Å². The minimum absolute atomic E-state index is 0.0939. The molecule has 0 radical (unpaired) electrons. The number of esters is 1. The van der Waals surface area contributed by atoms with Gasteiger partial charge in [-0.25, -0.2) is 4.79 Å². The van der Waals surface area contributed by atoms with Crippen LogP contribution in [0.1, 0.15) is 36.7 Å². The molecular weight excluding hydrogens is 394 g/mol. The summed E-state index contributed by atoms with van der Waals surface area (Å²) in [6.07, 6.45) is 1.54. The molecule has 26 heavy (non-hydrogen) atoms. The number of halogens is 1. The molecule has 2 aromatic rings. The quantitative estimate of drug-likeness (QED) is 0.300. The number of hydrogen-bond donors (Lipinski definition) is 0. The predicted octanol–water partition coefficient (Wildman–Crippen LogP) is 5.19. The van der Waals surface area contributed by atoms with E-state index in [4.69, 9.17) is 4.74 Å². The lowest BCUT2D eigenvalue weighted by atomic mass is 9.86. The van der Waals surface area contributed by atoms with Crippen molar-refractivity contribution >= 4 is 33.8 Å². The fraction of sp³-hybridized carbons (Fsp3) is 0.190. The molecule has 132 valence electrons. The molecule has 0 amide bonds. The summed E-state index contributed by atoms with van der Waals surface area (Å²) < 4.78 is 6.12. The van der Waals surface area contributed by atoms with E-state index in [1.807, 2.05) is 12.1 Å². The Morgan fingerprint density at radius 2 is 1.77 bits per heavy atom. The molecule has 0 fully saturated rings. The molecule has 0 unspecified atom stereocenters. The maximum absolute atomic E-state index is 12.2. The highest BCUT2D eigenvalue weighted by atomic mass is 79.9. The van der Waals surface area contributed by atoms with Gasteiger partial charge in [0.1, 0.15) is 11.8 Å². The lowest BCUT2D eigenvalue weighted by Gasteiger charge is -2.15. The molecule has 0 aromatic heterocycles. The van der Waals surface area contributed by atoms with E-state index < -0.39 is 11.4 Å². The van der Waals surface area contributed by atoms with Crippen molar-refractivity contribution in [3.63, 3.8) is 0 Å². The molecule has 0 spiro atoms. The molecule has 4 nitrogen and oxygen atoms in total. The second kappa shape index (κ2) is 8.11. The first-order chi connectivity index (χ1) is 12.2. The number of Topliss-reactive ketones (excluding diaryl/α,β-unsaturated/α-hetero) is 1. The van der Waals surface area contributed by atoms with Crippen LogP contribution in [0.3, 0.4) is 0 Å². The van der Waals surface area contributed by atoms with Crippen LogP contribution in [-0.2, 0) is 4.79 Å². The van der Waals surface area contributed by atoms with E-state index in [1.165, 1.54) is 6.08 Å². The highest BCUT2D eigenvalue weighted by Gasteiger charge is 2.24. The molecule has 2 aromatic carbocycles. The van der Waals surface area contributed by atoms with Gasteiger partial charge in [0.05, 0.1) is 11.1 Å². The van der Waals surface area contributed by atoms with Gasteiger partial charge < -0.3 is 4.74 Å². The fourth-order valence-corrected chi connectivity index (χ4v) is 2.53. The Labute approximate surface area is 161 Å². The van der Waals surface area contributed by atoms with Crippen LogP contribution in [0.5, 0.6) is 5.75 Å². The first kappa shape index (κ1) is 19.6. The first-order valence-corrected chi connectivity index (χ1v) is 8.74. The van der Waals surface area contributed by atoms with Crippen LogP contribution in [-0.4, -0.2) is 11.8 Å². The largest absolute Gasteiger partial charge is 0.423 e. The van der Waals surface area contributed by atoms with Crippen molar-refractivity contribution in [2.75, 3.05) is 0 Å². The number of ether oxygens (including phenoxy) is 1. The third-order valence-electron chi connectivity index (χ3n) is 3.51. The zero-order valence-electron chi connectivity index (χ0n) is 14.7. The molecule has 2 rings (SSSR count). The highest BCUT2D eigenvalue weighted by Crippen LogP contribution is 2.22. The summed E-state index contributed by atoms with van der Waals surface area (Å²) in [6.45, 7) is 5.31. The van der Waals surface area contributed by atoms with Gasteiger partial charge in [0.15, 0.2) is 5.78 Å². The summed E-state index contributed by atoms with van der Waals surface area (Å²) in [7, 11) is 0. The first-order valence-electron chi connectivity index (χ1n) is 7.95. The summed E-state index contributed by atoms with van der Waals surface area (Å²) in [6, 6.07) is 15.5. The maximum atomic E-state index is 12.2. The lowest BCUT2D eigenvalue weighted by molar-refractivity contribution is -0.121. The molecule has 0 N–H and O–H groups in total. The summed E-state index contributed by atoms with van der Waals surface area (Å²) in [5.41, 5.74) is 0.588. The SMILES string of the molecule is CC(C)(C)C(=O)/C(C#N)=C/c1ccc(OC(=O)c2cccc(Br)c2)cc1. The van der Waals surface area contributed by atoms with Crippen LogP contribution in [0.2, 0.25) is 0 Å². The smallest absolute Gasteiger partial charge is 0.343 e. The van der Waals surface area contributed by atoms with E-state index in [9.17, 15) is 14.9 Å². The highest BCUT2D eigenvalue weighted by molar-refractivity contribution is 9.10. The van der Waals surface area contributed by atoms with Crippen LogP contribution in [0.4, 0.5) is 0 Å². The van der Waals surface area contributed by atoms with Crippen molar-refractivity contribution < 1.29 is 14.3 Å². The van der Waals surface area contributed by atoms with Gasteiger partial charge >= 0.3 is 5.97 Å². The number of rotatable bonds is 4. The van der Waals surface area contributed by atoms with Crippen molar-refractivity contribution in [3.8, 4) is 11.8 Å². The number of hydrogen-bond acceptors (Lipinski definition) is 4. The molecule has 0 aliphatic carbocycles. The Morgan fingerprint density at radius 3 is 2.31 bits per heavy atom. The van der Waals surface area contributed by atoms with E-state index >= 15 is 0 Å². The van der Waals surface area contributed by atoms with E-state index in [-0.39, 0.29) is 11.4 Å². The Balaban J connectivity index is 2.15. The number of carbonyl (C=O) groups excluding carboxylic acids is 2.